The van der Waals surface area contributed by atoms with Crippen LogP contribution in [0, 0.1) is 0 Å². The SMILES string of the molecule is O=C(CSc1nnc(SCC(=O)N[C@@H]2CCCc3ccccc32)s1)N[C@H]1CCCc2ccccc21. The first-order chi connectivity index (χ1) is 17.2. The minimum Gasteiger partial charge on any atom is -0.349 e. The van der Waals surface area contributed by atoms with E-state index in [1.165, 1.54) is 57.1 Å². The third-order valence-electron chi connectivity index (χ3n) is 6.45. The molecule has 1 aromatic heterocycles. The lowest BCUT2D eigenvalue weighted by Crippen LogP contribution is -2.32. The largest absolute Gasteiger partial charge is 0.349 e. The van der Waals surface area contributed by atoms with E-state index in [0.29, 0.717) is 11.5 Å². The van der Waals surface area contributed by atoms with Crippen molar-refractivity contribution in [2.24, 2.45) is 0 Å². The van der Waals surface area contributed by atoms with Crippen molar-refractivity contribution in [1.29, 1.82) is 0 Å². The van der Waals surface area contributed by atoms with Crippen LogP contribution < -0.4 is 10.6 Å². The minimum absolute atomic E-state index is 0.00764. The Morgan fingerprint density at radius 2 is 1.23 bits per heavy atom. The van der Waals surface area contributed by atoms with E-state index >= 15 is 0 Å². The van der Waals surface area contributed by atoms with Gasteiger partial charge in [0.05, 0.1) is 23.6 Å². The molecule has 2 aromatic carbocycles. The Labute approximate surface area is 218 Å². The van der Waals surface area contributed by atoms with Crippen LogP contribution in [-0.4, -0.2) is 33.5 Å². The highest BCUT2D eigenvalue weighted by atomic mass is 32.2. The van der Waals surface area contributed by atoms with Crippen LogP contribution >= 0.6 is 34.9 Å². The second-order valence-electron chi connectivity index (χ2n) is 8.83. The van der Waals surface area contributed by atoms with E-state index in [-0.39, 0.29) is 23.9 Å². The van der Waals surface area contributed by atoms with E-state index < -0.39 is 0 Å². The molecule has 6 nitrogen and oxygen atoms in total. The number of rotatable bonds is 8. The van der Waals surface area contributed by atoms with Crippen LogP contribution in [0.4, 0.5) is 0 Å². The number of nitrogens with zero attached hydrogens (tertiary/aromatic N) is 2. The lowest BCUT2D eigenvalue weighted by atomic mass is 9.88. The van der Waals surface area contributed by atoms with E-state index in [4.69, 9.17) is 0 Å². The summed E-state index contributed by atoms with van der Waals surface area (Å²) in [6.07, 6.45) is 6.28. The molecule has 0 saturated carbocycles. The fourth-order valence-corrected chi connectivity index (χ4v) is 7.49. The van der Waals surface area contributed by atoms with Gasteiger partial charge in [-0.25, -0.2) is 0 Å². The second kappa shape index (κ2) is 11.6. The molecular formula is C26H28N4O2S3. The van der Waals surface area contributed by atoms with E-state index in [1.54, 1.807) is 0 Å². The molecule has 1 heterocycles. The second-order valence-corrected chi connectivity index (χ2v) is 12.3. The van der Waals surface area contributed by atoms with Gasteiger partial charge in [-0.05, 0) is 60.8 Å². The first-order valence-corrected chi connectivity index (χ1v) is 14.8. The predicted molar refractivity (Wildman–Crippen MR) is 142 cm³/mol. The standard InChI is InChI=1S/C26H28N4O2S3/c31-23(27-21-13-5-9-17-7-1-3-11-19(17)21)15-33-25-29-30-26(35-25)34-16-24(32)28-22-14-6-10-18-8-2-4-12-20(18)22/h1-4,7-8,11-12,21-22H,5-6,9-10,13-16H2,(H,27,31)(H,28,32)/t21-,22+. The summed E-state index contributed by atoms with van der Waals surface area (Å²) >= 11 is 4.22. The fraction of sp³-hybridized carbons (Fsp3) is 0.385. The zero-order valence-corrected chi connectivity index (χ0v) is 21.8. The molecule has 182 valence electrons. The van der Waals surface area contributed by atoms with Crippen LogP contribution in [0.15, 0.2) is 57.2 Å². The number of hydrogen-bond acceptors (Lipinski definition) is 7. The molecule has 0 spiro atoms. The fourth-order valence-electron chi connectivity index (χ4n) is 4.85. The van der Waals surface area contributed by atoms with Crippen LogP contribution in [0.2, 0.25) is 0 Å². The van der Waals surface area contributed by atoms with E-state index in [0.717, 1.165) is 47.2 Å². The highest BCUT2D eigenvalue weighted by molar-refractivity contribution is 8.03. The van der Waals surface area contributed by atoms with Crippen molar-refractivity contribution in [3.05, 3.63) is 70.8 Å². The molecule has 0 saturated heterocycles. The zero-order valence-electron chi connectivity index (χ0n) is 19.4. The average molecular weight is 525 g/mol. The number of amides is 2. The van der Waals surface area contributed by atoms with Crippen molar-refractivity contribution in [1.82, 2.24) is 20.8 Å². The number of hydrogen-bond donors (Lipinski definition) is 2. The number of aryl methyl sites for hydroxylation is 2. The molecule has 2 aliphatic rings. The number of carbonyl (C=O) groups excluding carboxylic acids is 2. The molecular weight excluding hydrogens is 497 g/mol. The predicted octanol–water partition coefficient (Wildman–Crippen LogP) is 5.11. The van der Waals surface area contributed by atoms with Crippen LogP contribution in [0.3, 0.4) is 0 Å². The third kappa shape index (κ3) is 6.26. The van der Waals surface area contributed by atoms with Crippen LogP contribution in [-0.2, 0) is 22.4 Å². The Hall–Kier alpha value is -2.36. The molecule has 0 radical (unpaired) electrons. The topological polar surface area (TPSA) is 84.0 Å². The smallest absolute Gasteiger partial charge is 0.230 e. The van der Waals surface area contributed by atoms with Gasteiger partial charge in [0, 0.05) is 0 Å². The number of carbonyl (C=O) groups is 2. The van der Waals surface area contributed by atoms with Crippen molar-refractivity contribution in [2.75, 3.05) is 11.5 Å². The molecule has 35 heavy (non-hydrogen) atoms. The number of aromatic nitrogens is 2. The molecule has 2 N–H and O–H groups in total. The maximum Gasteiger partial charge on any atom is 0.230 e. The van der Waals surface area contributed by atoms with Gasteiger partial charge in [0.1, 0.15) is 0 Å². The monoisotopic (exact) mass is 524 g/mol. The summed E-state index contributed by atoms with van der Waals surface area (Å²) in [6, 6.07) is 16.9. The van der Waals surface area contributed by atoms with Crippen molar-refractivity contribution in [3.8, 4) is 0 Å². The molecule has 0 aliphatic heterocycles. The van der Waals surface area contributed by atoms with Gasteiger partial charge < -0.3 is 10.6 Å². The molecule has 5 rings (SSSR count). The van der Waals surface area contributed by atoms with E-state index in [1.807, 2.05) is 12.1 Å². The summed E-state index contributed by atoms with van der Waals surface area (Å²) in [4.78, 5) is 25.1. The van der Waals surface area contributed by atoms with Gasteiger partial charge in [0.25, 0.3) is 0 Å². The van der Waals surface area contributed by atoms with Crippen LogP contribution in [0.5, 0.6) is 0 Å². The maximum atomic E-state index is 12.6. The van der Waals surface area contributed by atoms with Gasteiger partial charge >= 0.3 is 0 Å². The molecule has 3 aromatic rings. The van der Waals surface area contributed by atoms with Crippen LogP contribution in [0.1, 0.15) is 60.0 Å². The molecule has 0 fully saturated rings. The third-order valence-corrected chi connectivity index (χ3v) is 9.64. The zero-order chi connectivity index (χ0) is 24.0. The summed E-state index contributed by atoms with van der Waals surface area (Å²) in [5.74, 6) is 0.625. The molecule has 2 amide bonds. The van der Waals surface area contributed by atoms with Gasteiger partial charge in [-0.3, -0.25) is 9.59 Å². The average Bonchev–Trinajstić information content (AvgIpc) is 3.35. The molecule has 0 bridgehead atoms. The first-order valence-electron chi connectivity index (χ1n) is 12.0. The quantitative estimate of drug-likeness (QED) is 0.399. The van der Waals surface area contributed by atoms with Gasteiger partial charge in [-0.2, -0.15) is 0 Å². The number of fused-ring (bicyclic) bond motifs is 2. The molecule has 0 unspecified atom stereocenters. The highest BCUT2D eigenvalue weighted by Gasteiger charge is 2.23. The summed E-state index contributed by atoms with van der Waals surface area (Å²) < 4.78 is 1.49. The molecule has 2 aliphatic carbocycles. The maximum absolute atomic E-state index is 12.6. The summed E-state index contributed by atoms with van der Waals surface area (Å²) in [5.41, 5.74) is 5.14. The Bertz CT molecular complexity index is 1110. The van der Waals surface area contributed by atoms with Gasteiger partial charge in [-0.1, -0.05) is 83.4 Å². The summed E-state index contributed by atoms with van der Waals surface area (Å²) in [5, 5.41) is 14.7. The number of benzene rings is 2. The lowest BCUT2D eigenvalue weighted by molar-refractivity contribution is -0.120. The normalized spacial score (nSPS) is 18.9. The Morgan fingerprint density at radius 3 is 1.71 bits per heavy atom. The van der Waals surface area contributed by atoms with E-state index in [9.17, 15) is 9.59 Å². The minimum atomic E-state index is 0.00764. The number of nitrogens with one attached hydrogen (secondary N) is 2. The Balaban J connectivity index is 1.07. The van der Waals surface area contributed by atoms with Crippen molar-refractivity contribution in [3.63, 3.8) is 0 Å². The van der Waals surface area contributed by atoms with Crippen molar-refractivity contribution >= 4 is 46.7 Å². The van der Waals surface area contributed by atoms with E-state index in [2.05, 4.69) is 57.2 Å². The van der Waals surface area contributed by atoms with Gasteiger partial charge in [0.2, 0.25) is 11.8 Å². The molecule has 9 heteroatoms. The number of thioether (sulfide) groups is 2. The Morgan fingerprint density at radius 1 is 0.771 bits per heavy atom. The van der Waals surface area contributed by atoms with Gasteiger partial charge in [0.15, 0.2) is 8.68 Å². The lowest BCUT2D eigenvalue weighted by Gasteiger charge is -2.26. The van der Waals surface area contributed by atoms with Crippen molar-refractivity contribution in [2.45, 2.75) is 59.3 Å². The van der Waals surface area contributed by atoms with Crippen molar-refractivity contribution < 1.29 is 9.59 Å². The van der Waals surface area contributed by atoms with Gasteiger partial charge in [-0.15, -0.1) is 10.2 Å². The Kier molecular flexibility index (Phi) is 8.06. The summed E-state index contributed by atoms with van der Waals surface area (Å²) in [6.45, 7) is 0. The van der Waals surface area contributed by atoms with Crippen LogP contribution in [0.25, 0.3) is 0 Å². The summed E-state index contributed by atoms with van der Waals surface area (Å²) in [7, 11) is 0. The highest BCUT2D eigenvalue weighted by Crippen LogP contribution is 2.32. The first kappa shape index (κ1) is 24.3. The molecule has 2 atom stereocenters.